The Morgan fingerprint density at radius 3 is 2.42 bits per heavy atom. The average Bonchev–Trinajstić information content (AvgIpc) is 3.44. The highest BCUT2D eigenvalue weighted by Gasteiger charge is 2.21. The van der Waals surface area contributed by atoms with E-state index < -0.39 is 12.3 Å². The maximum Gasteiger partial charge on any atom is 0.376 e. The van der Waals surface area contributed by atoms with Gasteiger partial charge in [-0.25, -0.2) is 4.79 Å². The largest absolute Gasteiger partial charge is 0.461 e. The first-order chi connectivity index (χ1) is 17.6. The van der Waals surface area contributed by atoms with E-state index in [1.165, 1.54) is 18.9 Å². The highest BCUT2D eigenvalue weighted by atomic mass is 32.2. The zero-order valence-corrected chi connectivity index (χ0v) is 20.3. The summed E-state index contributed by atoms with van der Waals surface area (Å²) in [5.41, 5.74) is 1.89. The molecule has 10 nitrogen and oxygen atoms in total. The number of nitrogens with one attached hydrogen (secondary N) is 2. The van der Waals surface area contributed by atoms with E-state index in [1.54, 1.807) is 31.2 Å². The number of tetrazole rings is 1. The minimum absolute atomic E-state index is 0.212. The van der Waals surface area contributed by atoms with E-state index in [1.807, 2.05) is 48.5 Å². The van der Waals surface area contributed by atoms with E-state index in [0.717, 1.165) is 15.4 Å². The quantitative estimate of drug-likeness (QED) is 0.241. The number of methoxy groups -OCH3 is 1. The first kappa shape index (κ1) is 24.9. The number of aromatic nitrogens is 4. The Labute approximate surface area is 211 Å². The van der Waals surface area contributed by atoms with Crippen molar-refractivity contribution in [1.82, 2.24) is 20.6 Å². The number of anilines is 1. The lowest BCUT2D eigenvalue weighted by Gasteiger charge is -2.16. The number of aromatic amines is 1. The summed E-state index contributed by atoms with van der Waals surface area (Å²) in [6.07, 6.45) is -1.19. The van der Waals surface area contributed by atoms with Crippen LogP contribution in [-0.4, -0.2) is 52.5 Å². The van der Waals surface area contributed by atoms with Crippen molar-refractivity contribution in [3.05, 3.63) is 78.4 Å². The molecule has 1 aromatic heterocycles. The number of H-pyrrole nitrogens is 1. The molecule has 0 saturated carbocycles. The van der Waals surface area contributed by atoms with Crippen LogP contribution in [0, 0.1) is 0 Å². The van der Waals surface area contributed by atoms with Gasteiger partial charge in [0.25, 0.3) is 12.2 Å². The van der Waals surface area contributed by atoms with E-state index in [-0.39, 0.29) is 12.5 Å². The van der Waals surface area contributed by atoms with Gasteiger partial charge in [-0.1, -0.05) is 36.0 Å². The lowest BCUT2D eigenvalue weighted by Crippen LogP contribution is -2.31. The molecular formula is C25H23N5O5S. The summed E-state index contributed by atoms with van der Waals surface area (Å²) in [5.74, 6) is -0.0763. The van der Waals surface area contributed by atoms with Crippen LogP contribution in [0.5, 0.6) is 5.75 Å². The Morgan fingerprint density at radius 1 is 1.00 bits per heavy atom. The highest BCUT2D eigenvalue weighted by molar-refractivity contribution is 7.99. The lowest BCUT2D eigenvalue weighted by atomic mass is 10.2. The van der Waals surface area contributed by atoms with Crippen molar-refractivity contribution in [3.8, 4) is 17.1 Å². The molecule has 2 N–H and O–H groups in total. The molecule has 0 aliphatic carbocycles. The molecule has 1 atom stereocenters. The van der Waals surface area contributed by atoms with Crippen molar-refractivity contribution >= 4 is 29.3 Å². The fourth-order valence-electron chi connectivity index (χ4n) is 3.20. The molecule has 4 aromatic rings. The van der Waals surface area contributed by atoms with Crippen LogP contribution in [0.3, 0.4) is 0 Å². The highest BCUT2D eigenvalue weighted by Crippen LogP contribution is 2.38. The standard InChI is InChI=1S/C25H23N5O5S/c1-3-34-24(32)25(33-2)35-17-14-12-16(13-15-17)23(31)26-19-9-5-7-11-21(19)36-20-10-6-4-8-18(20)22-27-29-30-28-22/h4-15,25H,3H2,1-2H3,(H,26,31)(H,27,28,29,30). The van der Waals surface area contributed by atoms with Crippen molar-refractivity contribution in [2.24, 2.45) is 0 Å². The summed E-state index contributed by atoms with van der Waals surface area (Å²) < 4.78 is 15.4. The maximum absolute atomic E-state index is 13.0. The predicted octanol–water partition coefficient (Wildman–Crippen LogP) is 4.18. The second kappa shape index (κ2) is 12.0. The summed E-state index contributed by atoms with van der Waals surface area (Å²) >= 11 is 1.48. The summed E-state index contributed by atoms with van der Waals surface area (Å²) in [5, 5.41) is 17.2. The number of hydrogen-bond acceptors (Lipinski definition) is 9. The number of rotatable bonds is 10. The molecular weight excluding hydrogens is 482 g/mol. The molecule has 36 heavy (non-hydrogen) atoms. The summed E-state index contributed by atoms with van der Waals surface area (Å²) in [6.45, 7) is 1.91. The molecule has 0 fully saturated rings. The monoisotopic (exact) mass is 505 g/mol. The van der Waals surface area contributed by atoms with Crippen LogP contribution in [0.4, 0.5) is 5.69 Å². The number of amides is 1. The number of para-hydroxylation sites is 1. The number of benzene rings is 3. The van der Waals surface area contributed by atoms with Gasteiger partial charge in [-0.2, -0.15) is 5.21 Å². The lowest BCUT2D eigenvalue weighted by molar-refractivity contribution is -0.172. The number of nitrogens with zero attached hydrogens (tertiary/aromatic N) is 3. The number of esters is 1. The minimum Gasteiger partial charge on any atom is -0.461 e. The molecule has 0 spiro atoms. The Hall–Kier alpha value is -4.22. The van der Waals surface area contributed by atoms with E-state index >= 15 is 0 Å². The molecule has 1 heterocycles. The zero-order valence-electron chi connectivity index (χ0n) is 19.5. The third-order valence-corrected chi connectivity index (χ3v) is 6.03. The van der Waals surface area contributed by atoms with Crippen LogP contribution < -0.4 is 10.1 Å². The minimum atomic E-state index is -1.19. The second-order valence-corrected chi connectivity index (χ2v) is 8.33. The van der Waals surface area contributed by atoms with Crippen molar-refractivity contribution in [2.75, 3.05) is 19.0 Å². The number of ether oxygens (including phenoxy) is 3. The molecule has 3 aromatic carbocycles. The topological polar surface area (TPSA) is 128 Å². The van der Waals surface area contributed by atoms with Gasteiger partial charge < -0.3 is 19.5 Å². The fraction of sp³-hybridized carbons (Fsp3) is 0.160. The van der Waals surface area contributed by atoms with E-state index in [0.29, 0.717) is 22.8 Å². The van der Waals surface area contributed by atoms with E-state index in [2.05, 4.69) is 25.9 Å². The number of carbonyl (C=O) groups is 2. The first-order valence-electron chi connectivity index (χ1n) is 11.0. The third kappa shape index (κ3) is 6.06. The summed E-state index contributed by atoms with van der Waals surface area (Å²) in [4.78, 5) is 26.6. The Kier molecular flexibility index (Phi) is 8.27. The Bertz CT molecular complexity index is 1310. The second-order valence-electron chi connectivity index (χ2n) is 7.25. The van der Waals surface area contributed by atoms with Crippen LogP contribution in [0.25, 0.3) is 11.4 Å². The van der Waals surface area contributed by atoms with Gasteiger partial charge in [0.2, 0.25) is 5.82 Å². The van der Waals surface area contributed by atoms with Gasteiger partial charge in [-0.05, 0) is 60.7 Å². The van der Waals surface area contributed by atoms with Crippen molar-refractivity contribution in [1.29, 1.82) is 0 Å². The summed E-state index contributed by atoms with van der Waals surface area (Å²) in [6, 6.07) is 21.6. The normalized spacial score (nSPS) is 11.5. The fourth-order valence-corrected chi connectivity index (χ4v) is 4.23. The van der Waals surface area contributed by atoms with Gasteiger partial charge in [0.15, 0.2) is 0 Å². The van der Waals surface area contributed by atoms with E-state index in [9.17, 15) is 9.59 Å². The smallest absolute Gasteiger partial charge is 0.376 e. The molecule has 1 unspecified atom stereocenters. The van der Waals surface area contributed by atoms with Gasteiger partial charge in [0.05, 0.1) is 12.3 Å². The van der Waals surface area contributed by atoms with Crippen molar-refractivity contribution in [2.45, 2.75) is 23.0 Å². The zero-order chi connectivity index (χ0) is 25.3. The van der Waals surface area contributed by atoms with Gasteiger partial charge in [-0.15, -0.1) is 10.2 Å². The molecule has 0 aliphatic rings. The first-order valence-corrected chi connectivity index (χ1v) is 11.8. The number of carbonyl (C=O) groups excluding carboxylic acids is 2. The molecule has 11 heteroatoms. The van der Waals surface area contributed by atoms with Gasteiger partial charge in [0, 0.05) is 28.0 Å². The van der Waals surface area contributed by atoms with E-state index in [4.69, 9.17) is 14.2 Å². The molecule has 0 bridgehead atoms. The number of hydrogen-bond donors (Lipinski definition) is 2. The van der Waals surface area contributed by atoms with Crippen LogP contribution in [0.2, 0.25) is 0 Å². The average molecular weight is 506 g/mol. The third-order valence-electron chi connectivity index (χ3n) is 4.88. The Balaban J connectivity index is 1.47. The van der Waals surface area contributed by atoms with Crippen LogP contribution >= 0.6 is 11.8 Å². The molecule has 4 rings (SSSR count). The maximum atomic E-state index is 13.0. The van der Waals surface area contributed by atoms with Crippen LogP contribution in [-0.2, 0) is 14.3 Å². The van der Waals surface area contributed by atoms with Gasteiger partial charge in [-0.3, -0.25) is 4.79 Å². The SMILES string of the molecule is CCOC(=O)C(OC)Oc1ccc(C(=O)Nc2ccccc2Sc2ccccc2-c2nn[nH]n2)cc1. The molecule has 0 aliphatic heterocycles. The van der Waals surface area contributed by atoms with Crippen molar-refractivity contribution < 1.29 is 23.8 Å². The summed E-state index contributed by atoms with van der Waals surface area (Å²) in [7, 11) is 1.35. The Morgan fingerprint density at radius 2 is 1.72 bits per heavy atom. The van der Waals surface area contributed by atoms with Gasteiger partial charge >= 0.3 is 5.97 Å². The molecule has 184 valence electrons. The predicted molar refractivity (Wildman–Crippen MR) is 133 cm³/mol. The molecule has 0 radical (unpaired) electrons. The molecule has 0 saturated heterocycles. The van der Waals surface area contributed by atoms with Crippen LogP contribution in [0.15, 0.2) is 82.6 Å². The molecule has 1 amide bonds. The van der Waals surface area contributed by atoms with Crippen molar-refractivity contribution in [3.63, 3.8) is 0 Å². The van der Waals surface area contributed by atoms with Crippen LogP contribution in [0.1, 0.15) is 17.3 Å². The van der Waals surface area contributed by atoms with Gasteiger partial charge in [0.1, 0.15) is 5.75 Å².